The van der Waals surface area contributed by atoms with E-state index in [0.717, 1.165) is 18.8 Å². The summed E-state index contributed by atoms with van der Waals surface area (Å²) >= 11 is 0. The largest absolute Gasteiger partial charge is 0.433 e. The predicted molar refractivity (Wildman–Crippen MR) is 82.7 cm³/mol. The summed E-state index contributed by atoms with van der Waals surface area (Å²) in [4.78, 5) is 11.4. The molecule has 1 fully saturated rings. The van der Waals surface area contributed by atoms with Crippen molar-refractivity contribution in [3.05, 3.63) is 12.2 Å². The van der Waals surface area contributed by atoms with Crippen LogP contribution in [0.3, 0.4) is 0 Å². The summed E-state index contributed by atoms with van der Waals surface area (Å²) in [7, 11) is 0. The van der Waals surface area contributed by atoms with Gasteiger partial charge in [-0.25, -0.2) is 4.79 Å². The van der Waals surface area contributed by atoms with Crippen molar-refractivity contribution >= 4 is 5.97 Å². The molecule has 2 atom stereocenters. The number of ether oxygens (including phenoxy) is 3. The second kappa shape index (κ2) is 9.21. The van der Waals surface area contributed by atoms with Crippen LogP contribution in [0, 0.1) is 5.92 Å². The van der Waals surface area contributed by atoms with Gasteiger partial charge in [-0.1, -0.05) is 26.3 Å². The van der Waals surface area contributed by atoms with Crippen LogP contribution >= 0.6 is 0 Å². The summed E-state index contributed by atoms with van der Waals surface area (Å²) in [6, 6.07) is 0. The fraction of sp³-hybridized carbons (Fsp3) is 0.824. The van der Waals surface area contributed by atoms with Gasteiger partial charge in [0.2, 0.25) is 6.29 Å². The Kier molecular flexibility index (Phi) is 7.97. The molecule has 0 amide bonds. The molecule has 0 aliphatic heterocycles. The smallest absolute Gasteiger partial charge is 0.335 e. The van der Waals surface area contributed by atoms with Crippen molar-refractivity contribution in [2.45, 2.75) is 84.9 Å². The van der Waals surface area contributed by atoms with Crippen LogP contribution < -0.4 is 0 Å². The molecule has 0 saturated heterocycles. The third kappa shape index (κ3) is 7.09. The zero-order valence-corrected chi connectivity index (χ0v) is 13.9. The zero-order chi connectivity index (χ0) is 15.8. The Morgan fingerprint density at radius 2 is 1.81 bits per heavy atom. The van der Waals surface area contributed by atoms with Crippen LogP contribution in [0.4, 0.5) is 0 Å². The highest BCUT2D eigenvalue weighted by Gasteiger charge is 2.23. The normalized spacial score (nSPS) is 25.1. The fourth-order valence-corrected chi connectivity index (χ4v) is 2.82. The summed E-state index contributed by atoms with van der Waals surface area (Å²) in [5.41, 5.74) is 0.369. The Morgan fingerprint density at radius 3 is 2.33 bits per heavy atom. The molecule has 1 aliphatic carbocycles. The third-order valence-corrected chi connectivity index (χ3v) is 3.88. The summed E-state index contributed by atoms with van der Waals surface area (Å²) in [5, 5.41) is 0. The van der Waals surface area contributed by atoms with E-state index in [1.54, 1.807) is 13.8 Å². The van der Waals surface area contributed by atoms with Gasteiger partial charge in [0.1, 0.15) is 0 Å². The molecule has 4 heteroatoms. The van der Waals surface area contributed by atoms with Crippen molar-refractivity contribution in [3.8, 4) is 0 Å². The molecule has 4 nitrogen and oxygen atoms in total. The molecule has 1 aliphatic rings. The van der Waals surface area contributed by atoms with Crippen LogP contribution in [-0.2, 0) is 19.0 Å². The SMILES string of the molecule is C=C(C)C(=O)OC(C)OC(C)OC1CCC(CCC)CC1. The average Bonchev–Trinajstić information content (AvgIpc) is 2.40. The van der Waals surface area contributed by atoms with E-state index in [2.05, 4.69) is 13.5 Å². The highest BCUT2D eigenvalue weighted by atomic mass is 16.8. The van der Waals surface area contributed by atoms with Crippen LogP contribution in [0.1, 0.15) is 66.2 Å². The van der Waals surface area contributed by atoms with Gasteiger partial charge in [0.05, 0.1) is 6.10 Å². The van der Waals surface area contributed by atoms with Crippen LogP contribution in [0.5, 0.6) is 0 Å². The molecule has 0 aromatic carbocycles. The molecule has 0 radical (unpaired) electrons. The highest BCUT2D eigenvalue weighted by Crippen LogP contribution is 2.30. The van der Waals surface area contributed by atoms with Gasteiger partial charge in [-0.05, 0) is 52.4 Å². The standard InChI is InChI=1S/C17H30O4/c1-6-7-15-8-10-16(11-9-15)20-13(4)19-14(5)21-17(18)12(2)3/h13-16H,2,6-11H2,1,3-5H3. The van der Waals surface area contributed by atoms with E-state index in [-0.39, 0.29) is 12.4 Å². The first-order valence-electron chi connectivity index (χ1n) is 8.09. The molecular weight excluding hydrogens is 268 g/mol. The maximum atomic E-state index is 11.4. The summed E-state index contributed by atoms with van der Waals surface area (Å²) < 4.78 is 16.5. The highest BCUT2D eigenvalue weighted by molar-refractivity contribution is 5.86. The van der Waals surface area contributed by atoms with Crippen LogP contribution in [0.25, 0.3) is 0 Å². The molecule has 2 unspecified atom stereocenters. The number of rotatable bonds is 8. The van der Waals surface area contributed by atoms with Gasteiger partial charge in [-0.2, -0.15) is 0 Å². The minimum absolute atomic E-state index is 0.261. The second-order valence-electron chi connectivity index (χ2n) is 6.02. The van der Waals surface area contributed by atoms with Crippen molar-refractivity contribution in [1.29, 1.82) is 0 Å². The minimum atomic E-state index is -0.624. The molecule has 0 aromatic rings. The topological polar surface area (TPSA) is 44.8 Å². The third-order valence-electron chi connectivity index (χ3n) is 3.88. The van der Waals surface area contributed by atoms with Crippen molar-refractivity contribution in [1.82, 2.24) is 0 Å². The van der Waals surface area contributed by atoms with Crippen LogP contribution in [-0.4, -0.2) is 24.7 Å². The van der Waals surface area contributed by atoms with Gasteiger partial charge in [0, 0.05) is 5.57 Å². The van der Waals surface area contributed by atoms with Gasteiger partial charge < -0.3 is 14.2 Å². The molecule has 122 valence electrons. The Balaban J connectivity index is 2.23. The fourth-order valence-electron chi connectivity index (χ4n) is 2.82. The molecule has 0 N–H and O–H groups in total. The number of esters is 1. The van der Waals surface area contributed by atoms with Crippen LogP contribution in [0.2, 0.25) is 0 Å². The molecule has 0 heterocycles. The first-order valence-corrected chi connectivity index (χ1v) is 8.09. The number of carbonyl (C=O) groups excluding carboxylic acids is 1. The van der Waals surface area contributed by atoms with E-state index in [1.807, 2.05) is 6.92 Å². The van der Waals surface area contributed by atoms with Gasteiger partial charge in [-0.3, -0.25) is 0 Å². The van der Waals surface area contributed by atoms with E-state index in [4.69, 9.17) is 14.2 Å². The lowest BCUT2D eigenvalue weighted by Gasteiger charge is -2.31. The lowest BCUT2D eigenvalue weighted by Crippen LogP contribution is -2.30. The monoisotopic (exact) mass is 298 g/mol. The first-order chi connectivity index (χ1) is 9.92. The molecule has 21 heavy (non-hydrogen) atoms. The van der Waals surface area contributed by atoms with Gasteiger partial charge in [0.25, 0.3) is 0 Å². The first kappa shape index (κ1) is 18.2. The van der Waals surface area contributed by atoms with Crippen LogP contribution in [0.15, 0.2) is 12.2 Å². The molecule has 1 saturated carbocycles. The molecule has 0 aromatic heterocycles. The summed E-state index contributed by atoms with van der Waals surface area (Å²) in [6.45, 7) is 10.9. The van der Waals surface area contributed by atoms with E-state index in [0.29, 0.717) is 5.57 Å². The Morgan fingerprint density at radius 1 is 1.19 bits per heavy atom. The molecule has 0 spiro atoms. The predicted octanol–water partition coefficient (Wildman–Crippen LogP) is 4.19. The van der Waals surface area contributed by atoms with Gasteiger partial charge >= 0.3 is 5.97 Å². The Bertz CT molecular complexity index is 332. The Labute approximate surface area is 128 Å². The van der Waals surface area contributed by atoms with Crippen molar-refractivity contribution in [2.24, 2.45) is 5.92 Å². The van der Waals surface area contributed by atoms with Crippen molar-refractivity contribution in [3.63, 3.8) is 0 Å². The number of hydrogen-bond donors (Lipinski definition) is 0. The summed E-state index contributed by atoms with van der Waals surface area (Å²) in [5.74, 6) is 0.427. The van der Waals surface area contributed by atoms with Crippen molar-refractivity contribution in [2.75, 3.05) is 0 Å². The van der Waals surface area contributed by atoms with E-state index < -0.39 is 12.3 Å². The lowest BCUT2D eigenvalue weighted by molar-refractivity contribution is -0.242. The minimum Gasteiger partial charge on any atom is -0.433 e. The zero-order valence-electron chi connectivity index (χ0n) is 13.9. The summed E-state index contributed by atoms with van der Waals surface area (Å²) in [6.07, 6.45) is 6.53. The molecule has 1 rings (SSSR count). The quantitative estimate of drug-likeness (QED) is 0.383. The maximum absolute atomic E-state index is 11.4. The van der Waals surface area contributed by atoms with E-state index in [1.165, 1.54) is 25.7 Å². The lowest BCUT2D eigenvalue weighted by atomic mass is 9.85. The number of hydrogen-bond acceptors (Lipinski definition) is 4. The maximum Gasteiger partial charge on any atom is 0.335 e. The number of carbonyl (C=O) groups is 1. The Hall–Kier alpha value is -0.870. The molecular formula is C17H30O4. The van der Waals surface area contributed by atoms with E-state index in [9.17, 15) is 4.79 Å². The van der Waals surface area contributed by atoms with E-state index >= 15 is 0 Å². The van der Waals surface area contributed by atoms with Crippen molar-refractivity contribution < 1.29 is 19.0 Å². The van der Waals surface area contributed by atoms with Gasteiger partial charge in [-0.15, -0.1) is 0 Å². The average molecular weight is 298 g/mol. The van der Waals surface area contributed by atoms with Gasteiger partial charge in [0.15, 0.2) is 6.29 Å². The second-order valence-corrected chi connectivity index (χ2v) is 6.02. The molecule has 0 bridgehead atoms.